The lowest BCUT2D eigenvalue weighted by molar-refractivity contribution is 0.0827. The van der Waals surface area contributed by atoms with Gasteiger partial charge >= 0.3 is 0 Å². The molecular weight excluding hydrogens is 284 g/mol. The minimum atomic E-state index is -0.181. The molecule has 2 heterocycles. The maximum Gasteiger partial charge on any atom is 0.256 e. The molecule has 0 bridgehead atoms. The Kier molecular flexibility index (Phi) is 2.83. The summed E-state index contributed by atoms with van der Waals surface area (Å²) in [4.78, 5) is 17.8. The van der Waals surface area contributed by atoms with E-state index in [0.29, 0.717) is 27.0 Å². The Morgan fingerprint density at radius 3 is 2.74 bits per heavy atom. The van der Waals surface area contributed by atoms with Gasteiger partial charge in [-0.3, -0.25) is 9.78 Å². The number of hydrogen-bond donors (Lipinski definition) is 0. The molecule has 0 aliphatic rings. The molecule has 3 aromatic rings. The third kappa shape index (κ3) is 1.84. The molecule has 0 aliphatic carbocycles. The molecule has 5 nitrogen and oxygen atoms in total. The van der Waals surface area contributed by atoms with Crippen LogP contribution in [0, 0.1) is 0 Å². The number of halogens is 1. The minimum absolute atomic E-state index is 0.181. The molecule has 1 aromatic carbocycles. The molecule has 0 spiro atoms. The van der Waals surface area contributed by atoms with Crippen LogP contribution in [0.15, 0.2) is 18.3 Å². The molecule has 96 valence electrons. The van der Waals surface area contributed by atoms with Crippen molar-refractivity contribution in [3.05, 3.63) is 28.9 Å². The van der Waals surface area contributed by atoms with Crippen LogP contribution in [-0.2, 0) is 0 Å². The van der Waals surface area contributed by atoms with E-state index < -0.39 is 0 Å². The molecule has 7 heteroatoms. The lowest BCUT2D eigenvalue weighted by Crippen LogP contribution is -2.22. The highest BCUT2D eigenvalue weighted by molar-refractivity contribution is 7.00. The quantitative estimate of drug-likeness (QED) is 0.692. The Hall–Kier alpha value is -1.79. The average molecular weight is 293 g/mol. The van der Waals surface area contributed by atoms with Gasteiger partial charge in [0.1, 0.15) is 11.0 Å². The molecule has 0 saturated heterocycles. The van der Waals surface area contributed by atoms with Gasteiger partial charge in [0, 0.05) is 25.7 Å². The fourth-order valence-corrected chi connectivity index (χ4v) is 2.74. The second kappa shape index (κ2) is 4.40. The van der Waals surface area contributed by atoms with Crippen LogP contribution in [0.5, 0.6) is 0 Å². The van der Waals surface area contributed by atoms with E-state index in [2.05, 4.69) is 13.7 Å². The highest BCUT2D eigenvalue weighted by Crippen LogP contribution is 2.31. The van der Waals surface area contributed by atoms with Crippen LogP contribution < -0.4 is 0 Å². The topological polar surface area (TPSA) is 59.0 Å². The first-order valence-corrected chi connectivity index (χ1v) is 6.61. The number of hydrogen-bond acceptors (Lipinski definition) is 5. The Labute approximate surface area is 118 Å². The van der Waals surface area contributed by atoms with Crippen molar-refractivity contribution < 1.29 is 4.79 Å². The van der Waals surface area contributed by atoms with Crippen LogP contribution in [0.2, 0.25) is 5.02 Å². The molecule has 3 rings (SSSR count). The van der Waals surface area contributed by atoms with Crippen molar-refractivity contribution in [2.75, 3.05) is 14.1 Å². The molecule has 0 fully saturated rings. The van der Waals surface area contributed by atoms with E-state index >= 15 is 0 Å². The second-order valence-corrected chi connectivity index (χ2v) is 5.18. The van der Waals surface area contributed by atoms with E-state index in [1.54, 1.807) is 14.1 Å². The summed E-state index contributed by atoms with van der Waals surface area (Å²) in [5, 5.41) is 1.06. The van der Waals surface area contributed by atoms with E-state index in [4.69, 9.17) is 11.6 Å². The molecule has 1 amide bonds. The largest absolute Gasteiger partial charge is 0.345 e. The number of fused-ring (bicyclic) bond motifs is 3. The molecule has 0 radical (unpaired) electrons. The van der Waals surface area contributed by atoms with E-state index in [-0.39, 0.29) is 5.91 Å². The zero-order chi connectivity index (χ0) is 13.6. The highest BCUT2D eigenvalue weighted by Gasteiger charge is 2.18. The maximum atomic E-state index is 12.1. The summed E-state index contributed by atoms with van der Waals surface area (Å²) >= 11 is 7.48. The number of aromatic nitrogens is 3. The Morgan fingerprint density at radius 2 is 2.00 bits per heavy atom. The third-order valence-electron chi connectivity index (χ3n) is 2.83. The van der Waals surface area contributed by atoms with Gasteiger partial charge in [0.15, 0.2) is 0 Å². The van der Waals surface area contributed by atoms with Crippen LogP contribution in [-0.4, -0.2) is 38.6 Å². The fraction of sp³-hybridized carbons (Fsp3) is 0.167. The standard InChI is InChI=1S/C12H9ClN4OS/c1-17(2)12(18)6-5-14-7-3-4-8-11(16-19-15-8)9(7)10(6)13/h3-5H,1-2H3. The average Bonchev–Trinajstić information content (AvgIpc) is 2.86. The fourth-order valence-electron chi connectivity index (χ4n) is 1.88. The summed E-state index contributed by atoms with van der Waals surface area (Å²) in [6.45, 7) is 0. The molecule has 2 aromatic heterocycles. The van der Waals surface area contributed by atoms with Gasteiger partial charge in [-0.05, 0) is 12.1 Å². The molecule has 0 atom stereocenters. The van der Waals surface area contributed by atoms with Gasteiger partial charge in [-0.2, -0.15) is 8.75 Å². The first-order valence-electron chi connectivity index (χ1n) is 5.50. The molecule has 0 saturated carbocycles. The van der Waals surface area contributed by atoms with Crippen molar-refractivity contribution in [2.24, 2.45) is 0 Å². The number of benzene rings is 1. The van der Waals surface area contributed by atoms with Gasteiger partial charge in [0.25, 0.3) is 5.91 Å². The van der Waals surface area contributed by atoms with Gasteiger partial charge in [-0.15, -0.1) is 0 Å². The maximum absolute atomic E-state index is 12.1. The predicted octanol–water partition coefficient (Wildman–Crippen LogP) is 2.59. The summed E-state index contributed by atoms with van der Waals surface area (Å²) in [5.41, 5.74) is 2.53. The number of nitrogens with zero attached hydrogens (tertiary/aromatic N) is 4. The van der Waals surface area contributed by atoms with Crippen LogP contribution in [0.4, 0.5) is 0 Å². The first-order chi connectivity index (χ1) is 9.09. The van der Waals surface area contributed by atoms with Crippen molar-refractivity contribution in [1.29, 1.82) is 0 Å². The lowest BCUT2D eigenvalue weighted by atomic mass is 10.1. The molecule has 19 heavy (non-hydrogen) atoms. The van der Waals surface area contributed by atoms with E-state index in [1.165, 1.54) is 11.1 Å². The van der Waals surface area contributed by atoms with E-state index in [1.807, 2.05) is 12.1 Å². The first kappa shape index (κ1) is 12.3. The van der Waals surface area contributed by atoms with Crippen molar-refractivity contribution in [2.45, 2.75) is 0 Å². The summed E-state index contributed by atoms with van der Waals surface area (Å²) in [6.07, 6.45) is 1.50. The number of rotatable bonds is 1. The molecule has 0 unspecified atom stereocenters. The molecule has 0 N–H and O–H groups in total. The summed E-state index contributed by atoms with van der Waals surface area (Å²) in [7, 11) is 3.35. The SMILES string of the molecule is CN(C)C(=O)c1cnc2ccc3nsnc3c2c1Cl. The Morgan fingerprint density at radius 1 is 1.26 bits per heavy atom. The van der Waals surface area contributed by atoms with Crippen molar-refractivity contribution in [3.63, 3.8) is 0 Å². The summed E-state index contributed by atoms with van der Waals surface area (Å²) in [5.74, 6) is -0.181. The number of carbonyl (C=O) groups is 1. The van der Waals surface area contributed by atoms with Crippen molar-refractivity contribution in [3.8, 4) is 0 Å². The smallest absolute Gasteiger partial charge is 0.256 e. The molecular formula is C12H9ClN4OS. The summed E-state index contributed by atoms with van der Waals surface area (Å²) < 4.78 is 8.40. The van der Waals surface area contributed by atoms with Crippen LogP contribution in [0.3, 0.4) is 0 Å². The van der Waals surface area contributed by atoms with Crippen molar-refractivity contribution >= 4 is 51.2 Å². The Balaban J connectivity index is 2.39. The van der Waals surface area contributed by atoms with Gasteiger partial charge in [0.05, 0.1) is 27.8 Å². The highest BCUT2D eigenvalue weighted by atomic mass is 35.5. The minimum Gasteiger partial charge on any atom is -0.345 e. The number of pyridine rings is 1. The van der Waals surface area contributed by atoms with Gasteiger partial charge < -0.3 is 4.90 Å². The van der Waals surface area contributed by atoms with E-state index in [9.17, 15) is 4.79 Å². The van der Waals surface area contributed by atoms with Crippen LogP contribution >= 0.6 is 23.3 Å². The monoisotopic (exact) mass is 292 g/mol. The predicted molar refractivity (Wildman–Crippen MR) is 75.7 cm³/mol. The zero-order valence-corrected chi connectivity index (χ0v) is 11.8. The normalized spacial score (nSPS) is 11.1. The summed E-state index contributed by atoms with van der Waals surface area (Å²) in [6, 6.07) is 3.67. The number of carbonyl (C=O) groups excluding carboxylic acids is 1. The molecule has 0 aliphatic heterocycles. The van der Waals surface area contributed by atoms with Gasteiger partial charge in [-0.1, -0.05) is 11.6 Å². The van der Waals surface area contributed by atoms with Crippen LogP contribution in [0.25, 0.3) is 21.9 Å². The van der Waals surface area contributed by atoms with E-state index in [0.717, 1.165) is 17.2 Å². The van der Waals surface area contributed by atoms with Gasteiger partial charge in [0.2, 0.25) is 0 Å². The lowest BCUT2D eigenvalue weighted by Gasteiger charge is -2.12. The van der Waals surface area contributed by atoms with Gasteiger partial charge in [-0.25, -0.2) is 0 Å². The van der Waals surface area contributed by atoms with Crippen molar-refractivity contribution in [1.82, 2.24) is 18.6 Å². The number of amides is 1. The third-order valence-corrected chi connectivity index (χ3v) is 3.77. The Bertz CT molecular complexity index is 799. The van der Waals surface area contributed by atoms with Crippen LogP contribution in [0.1, 0.15) is 10.4 Å². The second-order valence-electron chi connectivity index (χ2n) is 4.28. The zero-order valence-electron chi connectivity index (χ0n) is 10.2.